The fourth-order valence-electron chi connectivity index (χ4n) is 2.00. The molecule has 1 N–H and O–H groups in total. The maximum atomic E-state index is 9.82. The van der Waals surface area contributed by atoms with Gasteiger partial charge in [-0.25, -0.2) is 0 Å². The Morgan fingerprint density at radius 1 is 1.45 bits per heavy atom. The quantitative estimate of drug-likeness (QED) is 0.522. The molecule has 0 radical (unpaired) electrons. The van der Waals surface area contributed by atoms with Gasteiger partial charge in [-0.15, -0.1) is 0 Å². The summed E-state index contributed by atoms with van der Waals surface area (Å²) in [5.74, 6) is 0.694. The van der Waals surface area contributed by atoms with Gasteiger partial charge < -0.3 is 0 Å². The second-order valence-corrected chi connectivity index (χ2v) is 6.94. The molecular formula is C9H14OSe. The molecule has 62 valence electrons. The molecule has 1 aliphatic heterocycles. The zero-order valence-corrected chi connectivity index (χ0v) is 8.66. The van der Waals surface area contributed by atoms with Gasteiger partial charge in [-0.3, -0.25) is 0 Å². The summed E-state index contributed by atoms with van der Waals surface area (Å²) in [6.45, 7) is 3.90. The van der Waals surface area contributed by atoms with Gasteiger partial charge in [-0.1, -0.05) is 0 Å². The summed E-state index contributed by atoms with van der Waals surface area (Å²) in [5.41, 5.74) is -0.440. The molecular weight excluding hydrogens is 203 g/mol. The maximum absolute atomic E-state index is 9.82. The van der Waals surface area contributed by atoms with Crippen LogP contribution < -0.4 is 0 Å². The van der Waals surface area contributed by atoms with Crippen molar-refractivity contribution in [2.24, 2.45) is 5.92 Å². The summed E-state index contributed by atoms with van der Waals surface area (Å²) in [4.78, 5) is 1.41. The van der Waals surface area contributed by atoms with Gasteiger partial charge in [0.1, 0.15) is 0 Å². The molecule has 3 unspecified atom stereocenters. The zero-order chi connectivity index (χ0) is 8.06. The summed E-state index contributed by atoms with van der Waals surface area (Å²) in [7, 11) is 0. The van der Waals surface area contributed by atoms with Crippen molar-refractivity contribution < 1.29 is 5.11 Å². The van der Waals surface area contributed by atoms with Crippen molar-refractivity contribution in [1.29, 1.82) is 0 Å². The zero-order valence-electron chi connectivity index (χ0n) is 6.95. The molecule has 0 amide bonds. The van der Waals surface area contributed by atoms with Gasteiger partial charge >= 0.3 is 73.6 Å². The van der Waals surface area contributed by atoms with Crippen LogP contribution in [0.4, 0.5) is 0 Å². The molecule has 0 spiro atoms. The average Bonchev–Trinajstić information content (AvgIpc) is 2.42. The second-order valence-electron chi connectivity index (χ2n) is 4.03. The molecule has 2 rings (SSSR count). The Hall–Kier alpha value is 0.219. The van der Waals surface area contributed by atoms with Crippen LogP contribution in [0.5, 0.6) is 0 Å². The van der Waals surface area contributed by atoms with Crippen LogP contribution in [0, 0.1) is 5.92 Å². The van der Waals surface area contributed by atoms with Gasteiger partial charge in [0.05, 0.1) is 0 Å². The SMILES string of the molecule is CC(C)(O)C1[Se]C2C=CC1C2. The summed E-state index contributed by atoms with van der Waals surface area (Å²) >= 11 is 0.650. The fourth-order valence-corrected chi connectivity index (χ4v) is 5.41. The molecule has 0 aromatic carbocycles. The van der Waals surface area contributed by atoms with E-state index < -0.39 is 5.60 Å². The van der Waals surface area contributed by atoms with E-state index in [9.17, 15) is 5.11 Å². The van der Waals surface area contributed by atoms with E-state index in [1.54, 1.807) is 0 Å². The monoisotopic (exact) mass is 218 g/mol. The third-order valence-electron chi connectivity index (χ3n) is 2.48. The third kappa shape index (κ3) is 1.28. The molecule has 11 heavy (non-hydrogen) atoms. The van der Waals surface area contributed by atoms with Crippen molar-refractivity contribution in [1.82, 2.24) is 0 Å². The van der Waals surface area contributed by atoms with Gasteiger partial charge in [0.2, 0.25) is 0 Å². The van der Waals surface area contributed by atoms with Crippen LogP contribution in [0.25, 0.3) is 0 Å². The Kier molecular flexibility index (Phi) is 1.68. The Bertz CT molecular complexity index is 192. The Labute approximate surface area is 74.0 Å². The van der Waals surface area contributed by atoms with Gasteiger partial charge in [0, 0.05) is 0 Å². The average molecular weight is 217 g/mol. The van der Waals surface area contributed by atoms with Crippen LogP contribution in [0.15, 0.2) is 12.2 Å². The standard InChI is InChI=1S/C9H14OSe/c1-9(2,10)8-6-3-4-7(5-6)11-8/h3-4,6-8,10H,5H2,1-2H3. The summed E-state index contributed by atoms with van der Waals surface area (Å²) in [6, 6.07) is 0. The first-order valence-electron chi connectivity index (χ1n) is 4.13. The van der Waals surface area contributed by atoms with Crippen LogP contribution in [0.3, 0.4) is 0 Å². The van der Waals surface area contributed by atoms with E-state index in [2.05, 4.69) is 12.2 Å². The van der Waals surface area contributed by atoms with E-state index >= 15 is 0 Å². The van der Waals surface area contributed by atoms with Crippen molar-refractivity contribution in [2.75, 3.05) is 0 Å². The first-order valence-corrected chi connectivity index (χ1v) is 6.11. The van der Waals surface area contributed by atoms with Gasteiger partial charge in [-0.05, 0) is 0 Å². The van der Waals surface area contributed by atoms with Crippen molar-refractivity contribution in [3.05, 3.63) is 12.2 Å². The van der Waals surface area contributed by atoms with E-state index in [4.69, 9.17) is 0 Å². The minimum atomic E-state index is -0.440. The normalized spacial score (nSPS) is 41.9. The summed E-state index contributed by atoms with van der Waals surface area (Å²) in [6.07, 6.45) is 5.96. The fraction of sp³-hybridized carbons (Fsp3) is 0.778. The number of hydrogen-bond donors (Lipinski definition) is 1. The van der Waals surface area contributed by atoms with Gasteiger partial charge in [0.15, 0.2) is 0 Å². The minimum absolute atomic E-state index is 0.440. The van der Waals surface area contributed by atoms with Crippen molar-refractivity contribution in [3.63, 3.8) is 0 Å². The Morgan fingerprint density at radius 3 is 2.45 bits per heavy atom. The molecule has 2 heteroatoms. The number of allylic oxidation sites excluding steroid dienone is 2. The Balaban J connectivity index is 2.15. The number of rotatable bonds is 1. The van der Waals surface area contributed by atoms with Crippen LogP contribution in [-0.2, 0) is 0 Å². The van der Waals surface area contributed by atoms with Crippen molar-refractivity contribution in [3.8, 4) is 0 Å². The summed E-state index contributed by atoms with van der Waals surface area (Å²) < 4.78 is 0. The molecule has 1 aliphatic carbocycles. The molecule has 2 aliphatic rings. The first kappa shape index (κ1) is 7.85. The molecule has 1 saturated heterocycles. The van der Waals surface area contributed by atoms with E-state index in [1.165, 1.54) is 6.42 Å². The Morgan fingerprint density at radius 2 is 2.18 bits per heavy atom. The number of hydrogen-bond acceptors (Lipinski definition) is 1. The van der Waals surface area contributed by atoms with E-state index in [-0.39, 0.29) is 0 Å². The molecule has 0 aromatic rings. The van der Waals surface area contributed by atoms with Crippen molar-refractivity contribution in [2.45, 2.75) is 35.5 Å². The second kappa shape index (κ2) is 2.35. The van der Waals surface area contributed by atoms with Crippen molar-refractivity contribution >= 4 is 15.0 Å². The van der Waals surface area contributed by atoms with E-state index in [0.717, 1.165) is 4.82 Å². The van der Waals surface area contributed by atoms with Crippen LogP contribution in [0.2, 0.25) is 9.63 Å². The molecule has 1 nitrogen and oxygen atoms in total. The third-order valence-corrected chi connectivity index (χ3v) is 6.51. The molecule has 0 aromatic heterocycles. The molecule has 2 bridgehead atoms. The molecule has 1 fully saturated rings. The van der Waals surface area contributed by atoms with E-state index in [1.807, 2.05) is 13.8 Å². The predicted octanol–water partition coefficient (Wildman–Crippen LogP) is 1.63. The molecule has 3 atom stereocenters. The summed E-state index contributed by atoms with van der Waals surface area (Å²) in [5, 5.41) is 9.82. The predicted molar refractivity (Wildman–Crippen MR) is 46.8 cm³/mol. The van der Waals surface area contributed by atoms with Gasteiger partial charge in [-0.2, -0.15) is 0 Å². The van der Waals surface area contributed by atoms with E-state index in [0.29, 0.717) is 25.7 Å². The van der Waals surface area contributed by atoms with Crippen LogP contribution in [-0.4, -0.2) is 25.7 Å². The van der Waals surface area contributed by atoms with Gasteiger partial charge in [0.25, 0.3) is 0 Å². The van der Waals surface area contributed by atoms with Crippen LogP contribution in [0.1, 0.15) is 20.3 Å². The first-order chi connectivity index (χ1) is 5.07. The number of aliphatic hydroxyl groups is 1. The topological polar surface area (TPSA) is 20.2 Å². The number of fused-ring (bicyclic) bond motifs is 2. The molecule has 1 heterocycles. The molecule has 0 saturated carbocycles. The van der Waals surface area contributed by atoms with Crippen LogP contribution >= 0.6 is 0 Å².